The zero-order chi connectivity index (χ0) is 26.0. The van der Waals surface area contributed by atoms with E-state index in [9.17, 15) is 9.90 Å². The van der Waals surface area contributed by atoms with Gasteiger partial charge in [0.25, 0.3) is 6.01 Å². The predicted molar refractivity (Wildman–Crippen MR) is 142 cm³/mol. The fraction of sp³-hybridized carbons (Fsp3) is 0.393. The number of halogens is 2. The van der Waals surface area contributed by atoms with Crippen molar-refractivity contribution in [2.75, 3.05) is 18.0 Å². The first-order chi connectivity index (χ1) is 18.4. The highest BCUT2D eigenvalue weighted by Crippen LogP contribution is 2.47. The van der Waals surface area contributed by atoms with E-state index in [1.165, 1.54) is 6.07 Å². The molecule has 3 heterocycles. The van der Waals surface area contributed by atoms with Gasteiger partial charge >= 0.3 is 5.97 Å². The van der Waals surface area contributed by atoms with Crippen LogP contribution in [0.3, 0.4) is 0 Å². The van der Waals surface area contributed by atoms with Gasteiger partial charge in [-0.2, -0.15) is 4.98 Å². The Morgan fingerprint density at radius 3 is 2.53 bits per heavy atom. The van der Waals surface area contributed by atoms with Crippen LogP contribution in [0.4, 0.5) is 6.01 Å². The Bertz CT molecular complexity index is 1510. The van der Waals surface area contributed by atoms with Crippen LogP contribution in [0.25, 0.3) is 22.4 Å². The van der Waals surface area contributed by atoms with E-state index in [4.69, 9.17) is 36.9 Å². The van der Waals surface area contributed by atoms with Crippen LogP contribution in [-0.4, -0.2) is 40.4 Å². The van der Waals surface area contributed by atoms with Gasteiger partial charge in [0.05, 0.1) is 28.3 Å². The third-order valence-electron chi connectivity index (χ3n) is 8.03. The van der Waals surface area contributed by atoms with Crippen molar-refractivity contribution in [2.45, 2.75) is 44.3 Å². The predicted octanol–water partition coefficient (Wildman–Crippen LogP) is 6.80. The molecule has 4 aromatic rings. The molecule has 3 fully saturated rings. The molecule has 2 aromatic heterocycles. The van der Waals surface area contributed by atoms with E-state index in [-0.39, 0.29) is 11.7 Å². The number of fused-ring (bicyclic) bond motifs is 2. The van der Waals surface area contributed by atoms with Crippen molar-refractivity contribution in [3.63, 3.8) is 0 Å². The molecule has 0 bridgehead atoms. The number of hydrogen-bond acceptors (Lipinski definition) is 7. The minimum atomic E-state index is -0.982. The number of rotatable bonds is 7. The van der Waals surface area contributed by atoms with Gasteiger partial charge in [-0.25, -0.2) is 4.79 Å². The van der Waals surface area contributed by atoms with Crippen LogP contribution in [0.15, 0.2) is 45.3 Å². The minimum Gasteiger partial charge on any atom is -0.478 e. The van der Waals surface area contributed by atoms with Crippen LogP contribution < -0.4 is 4.90 Å². The topological polar surface area (TPSA) is 102 Å². The van der Waals surface area contributed by atoms with Gasteiger partial charge in [-0.15, -0.1) is 0 Å². The number of carboxylic acid groups (broad SMARTS) is 1. The molecule has 1 aliphatic heterocycles. The van der Waals surface area contributed by atoms with Crippen molar-refractivity contribution in [3.8, 4) is 11.3 Å². The maximum atomic E-state index is 11.3. The number of oxazole rings is 1. The van der Waals surface area contributed by atoms with Crippen LogP contribution in [0, 0.1) is 11.8 Å². The van der Waals surface area contributed by atoms with Gasteiger partial charge in [0.2, 0.25) is 0 Å². The van der Waals surface area contributed by atoms with Crippen LogP contribution in [0.1, 0.15) is 53.3 Å². The Labute approximate surface area is 228 Å². The highest BCUT2D eigenvalue weighted by Gasteiger charge is 2.43. The molecule has 38 heavy (non-hydrogen) atoms. The summed E-state index contributed by atoms with van der Waals surface area (Å²) in [6.45, 7) is 2.09. The van der Waals surface area contributed by atoms with Crippen LogP contribution in [0.2, 0.25) is 10.0 Å². The minimum absolute atomic E-state index is 0.144. The maximum Gasteiger partial charge on any atom is 0.335 e. The van der Waals surface area contributed by atoms with Gasteiger partial charge in [-0.3, -0.25) is 0 Å². The Morgan fingerprint density at radius 1 is 1.11 bits per heavy atom. The van der Waals surface area contributed by atoms with E-state index >= 15 is 0 Å². The van der Waals surface area contributed by atoms with Gasteiger partial charge < -0.3 is 23.7 Å². The van der Waals surface area contributed by atoms with E-state index < -0.39 is 5.97 Å². The second kappa shape index (κ2) is 9.29. The lowest BCUT2D eigenvalue weighted by Gasteiger charge is -2.18. The second-order valence-electron chi connectivity index (χ2n) is 10.6. The second-order valence-corrected chi connectivity index (χ2v) is 11.4. The van der Waals surface area contributed by atoms with E-state index in [2.05, 4.69) is 15.0 Å². The fourth-order valence-electron chi connectivity index (χ4n) is 5.97. The molecule has 2 aliphatic carbocycles. The van der Waals surface area contributed by atoms with E-state index in [1.54, 1.807) is 12.1 Å². The molecular formula is C28H25Cl2N3O5. The summed E-state index contributed by atoms with van der Waals surface area (Å²) in [5.74, 6) is 1.25. The van der Waals surface area contributed by atoms with Crippen molar-refractivity contribution in [1.29, 1.82) is 0 Å². The molecule has 10 heteroatoms. The summed E-state index contributed by atoms with van der Waals surface area (Å²) < 4.78 is 18.2. The molecule has 1 N–H and O–H groups in total. The Kier molecular flexibility index (Phi) is 5.87. The summed E-state index contributed by atoms with van der Waals surface area (Å²) in [6.07, 6.45) is 4.24. The highest BCUT2D eigenvalue weighted by atomic mass is 35.5. The van der Waals surface area contributed by atoms with E-state index in [0.29, 0.717) is 62.8 Å². The number of aromatic nitrogens is 2. The van der Waals surface area contributed by atoms with Gasteiger partial charge in [-0.05, 0) is 67.9 Å². The molecule has 196 valence electrons. The lowest BCUT2D eigenvalue weighted by atomic mass is 10.0. The van der Waals surface area contributed by atoms with Crippen LogP contribution in [-0.2, 0) is 11.3 Å². The number of ether oxygens (including phenoxy) is 1. The number of carboxylic acids is 1. The highest BCUT2D eigenvalue weighted by molar-refractivity contribution is 6.39. The third kappa shape index (κ3) is 4.25. The molecule has 3 aliphatic rings. The van der Waals surface area contributed by atoms with Crippen molar-refractivity contribution in [2.24, 2.45) is 11.8 Å². The summed E-state index contributed by atoms with van der Waals surface area (Å²) in [4.78, 5) is 18.0. The zero-order valence-corrected chi connectivity index (χ0v) is 21.9. The molecule has 2 aromatic carbocycles. The maximum absolute atomic E-state index is 11.3. The Morgan fingerprint density at radius 2 is 1.84 bits per heavy atom. The summed E-state index contributed by atoms with van der Waals surface area (Å²) in [5, 5.41) is 14.7. The van der Waals surface area contributed by atoms with Crippen molar-refractivity contribution in [3.05, 3.63) is 63.3 Å². The molecule has 8 nitrogen and oxygen atoms in total. The summed E-state index contributed by atoms with van der Waals surface area (Å²) >= 11 is 13.0. The first kappa shape index (κ1) is 24.0. The van der Waals surface area contributed by atoms with Gasteiger partial charge in [0.1, 0.15) is 17.0 Å². The summed E-state index contributed by atoms with van der Waals surface area (Å²) in [7, 11) is 0. The van der Waals surface area contributed by atoms with E-state index in [0.717, 1.165) is 50.1 Å². The lowest BCUT2D eigenvalue weighted by molar-refractivity contribution is 0.0402. The molecule has 2 atom stereocenters. The molecule has 1 saturated heterocycles. The monoisotopic (exact) mass is 553 g/mol. The summed E-state index contributed by atoms with van der Waals surface area (Å²) in [5.41, 5.74) is 3.67. The number of hydrogen-bond donors (Lipinski definition) is 1. The Hall–Kier alpha value is -3.07. The number of anilines is 1. The molecule has 0 amide bonds. The smallest absolute Gasteiger partial charge is 0.335 e. The van der Waals surface area contributed by atoms with Gasteiger partial charge in [-0.1, -0.05) is 34.4 Å². The molecule has 2 unspecified atom stereocenters. The van der Waals surface area contributed by atoms with Crippen LogP contribution in [0.5, 0.6) is 0 Å². The molecule has 2 saturated carbocycles. The van der Waals surface area contributed by atoms with Crippen LogP contribution >= 0.6 is 23.2 Å². The average molecular weight is 554 g/mol. The number of aromatic carboxylic acids is 1. The third-order valence-corrected chi connectivity index (χ3v) is 8.66. The lowest BCUT2D eigenvalue weighted by Crippen LogP contribution is -2.23. The number of nitrogens with zero attached hydrogens (tertiary/aromatic N) is 3. The van der Waals surface area contributed by atoms with E-state index in [1.807, 2.05) is 18.2 Å². The first-order valence-corrected chi connectivity index (χ1v) is 13.6. The zero-order valence-electron chi connectivity index (χ0n) is 20.4. The molecule has 0 spiro atoms. The number of carbonyl (C=O) groups is 1. The number of benzene rings is 2. The normalized spacial score (nSPS) is 22.9. The first-order valence-electron chi connectivity index (χ1n) is 12.9. The van der Waals surface area contributed by atoms with Gasteiger partial charge in [0, 0.05) is 30.1 Å². The summed E-state index contributed by atoms with van der Waals surface area (Å²) in [6, 6.07) is 10.8. The molecule has 0 radical (unpaired) electrons. The molecular weight excluding hydrogens is 529 g/mol. The largest absolute Gasteiger partial charge is 0.478 e. The van der Waals surface area contributed by atoms with Crippen molar-refractivity contribution >= 4 is 46.3 Å². The van der Waals surface area contributed by atoms with Crippen molar-refractivity contribution < 1.29 is 23.6 Å². The SMILES string of the molecule is O=C(O)c1ccc2nc(N3CC4CC(OCc5c(-c6c(Cl)cccc6Cl)noc5C5CC5)CC4C3)oc2c1. The fourth-order valence-corrected chi connectivity index (χ4v) is 6.54. The average Bonchev–Trinajstić information content (AvgIpc) is 3.19. The Balaban J connectivity index is 1.03. The van der Waals surface area contributed by atoms with Gasteiger partial charge in [0.15, 0.2) is 5.58 Å². The van der Waals surface area contributed by atoms with Crippen molar-refractivity contribution in [1.82, 2.24) is 10.1 Å². The quantitative estimate of drug-likeness (QED) is 0.266. The molecule has 7 rings (SSSR count). The standard InChI is InChI=1S/C28H25Cl2N3O5/c29-20-2-1-3-21(30)24(20)25-19(26(38-32-25)14-4-5-14)13-36-18-8-16-11-33(12-17(16)9-18)28-31-22-7-6-15(27(34)35)10-23(22)37-28/h1-3,6-7,10,14,16-18H,4-5,8-9,11-13H2,(H,34,35).